The Bertz CT molecular complexity index is 1010. The Morgan fingerprint density at radius 2 is 1.90 bits per heavy atom. The van der Waals surface area contributed by atoms with Gasteiger partial charge in [-0.25, -0.2) is 5.01 Å². The highest BCUT2D eigenvalue weighted by Crippen LogP contribution is 2.50. The zero-order valence-electron chi connectivity index (χ0n) is 17.7. The van der Waals surface area contributed by atoms with Crippen molar-refractivity contribution >= 4 is 11.6 Å². The van der Waals surface area contributed by atoms with Crippen molar-refractivity contribution in [3.05, 3.63) is 59.2 Å². The molecule has 1 fully saturated rings. The fraction of sp³-hybridized carbons (Fsp3) is 0.417. The summed E-state index contributed by atoms with van der Waals surface area (Å²) in [7, 11) is 1.68. The minimum atomic E-state index is -0.507. The normalized spacial score (nSPS) is 21.6. The van der Waals surface area contributed by atoms with Crippen molar-refractivity contribution in [1.29, 1.82) is 0 Å². The average molecular weight is 405 g/mol. The van der Waals surface area contributed by atoms with E-state index >= 15 is 0 Å². The van der Waals surface area contributed by atoms with Gasteiger partial charge in [0.15, 0.2) is 0 Å². The summed E-state index contributed by atoms with van der Waals surface area (Å²) in [5.41, 5.74) is 4.08. The molecule has 3 aliphatic rings. The summed E-state index contributed by atoms with van der Waals surface area (Å²) >= 11 is 0. The van der Waals surface area contributed by atoms with Gasteiger partial charge < -0.3 is 14.4 Å². The maximum atomic E-state index is 11.9. The number of hydrogen-bond donors (Lipinski definition) is 0. The van der Waals surface area contributed by atoms with E-state index in [-0.39, 0.29) is 11.9 Å². The number of methoxy groups -OCH3 is 1. The van der Waals surface area contributed by atoms with Gasteiger partial charge in [0, 0.05) is 44.8 Å². The van der Waals surface area contributed by atoms with Gasteiger partial charge in [-0.15, -0.1) is 0 Å². The number of rotatable bonds is 2. The van der Waals surface area contributed by atoms with E-state index < -0.39 is 5.72 Å². The Kier molecular flexibility index (Phi) is 4.45. The SMILES string of the molecule is COc1ccc(C2=NN3C(C2)c2cc(C)ccc2OC32CCN(C(C)=O)CC2)cc1. The molecule has 1 unspecified atom stereocenters. The number of amides is 1. The summed E-state index contributed by atoms with van der Waals surface area (Å²) in [6.45, 7) is 5.12. The number of hydrazone groups is 1. The number of fused-ring (bicyclic) bond motifs is 4. The van der Waals surface area contributed by atoms with Gasteiger partial charge in [-0.05, 0) is 42.8 Å². The van der Waals surface area contributed by atoms with E-state index in [1.54, 1.807) is 14.0 Å². The standard InChI is InChI=1S/C24H27N3O3/c1-16-4-9-23-20(14-16)22-15-21(18-5-7-19(29-3)8-6-18)25-27(22)24(30-23)10-12-26(13-11-24)17(2)28/h4-9,14,22H,10-13,15H2,1-3H3. The molecule has 6 nitrogen and oxygen atoms in total. The molecule has 0 aliphatic carbocycles. The van der Waals surface area contributed by atoms with Crippen molar-refractivity contribution in [3.63, 3.8) is 0 Å². The molecule has 30 heavy (non-hydrogen) atoms. The zero-order chi connectivity index (χ0) is 20.9. The first-order valence-electron chi connectivity index (χ1n) is 10.6. The molecule has 0 radical (unpaired) electrons. The van der Waals surface area contributed by atoms with Crippen LogP contribution in [0.4, 0.5) is 0 Å². The van der Waals surface area contributed by atoms with Crippen LogP contribution in [0.25, 0.3) is 0 Å². The Morgan fingerprint density at radius 3 is 2.57 bits per heavy atom. The maximum absolute atomic E-state index is 11.9. The molecule has 1 amide bonds. The lowest BCUT2D eigenvalue weighted by molar-refractivity contribution is -0.158. The number of aryl methyl sites for hydroxylation is 1. The number of benzene rings is 2. The first-order chi connectivity index (χ1) is 14.5. The van der Waals surface area contributed by atoms with Gasteiger partial charge in [0.25, 0.3) is 0 Å². The number of nitrogens with zero attached hydrogens (tertiary/aromatic N) is 3. The largest absolute Gasteiger partial charge is 0.497 e. The topological polar surface area (TPSA) is 54.4 Å². The number of likely N-dealkylation sites (tertiary alicyclic amines) is 1. The molecular formula is C24H27N3O3. The van der Waals surface area contributed by atoms with Crippen LogP contribution in [0, 0.1) is 6.92 Å². The molecule has 1 atom stereocenters. The fourth-order valence-corrected chi connectivity index (χ4v) is 4.86. The van der Waals surface area contributed by atoms with Crippen molar-refractivity contribution in [3.8, 4) is 11.5 Å². The average Bonchev–Trinajstić information content (AvgIpc) is 3.22. The van der Waals surface area contributed by atoms with Crippen LogP contribution in [0.15, 0.2) is 47.6 Å². The van der Waals surface area contributed by atoms with Crippen molar-refractivity contribution in [2.45, 2.75) is 44.9 Å². The van der Waals surface area contributed by atoms with E-state index in [9.17, 15) is 4.79 Å². The minimum Gasteiger partial charge on any atom is -0.497 e. The second-order valence-corrected chi connectivity index (χ2v) is 8.44. The lowest BCUT2D eigenvalue weighted by Gasteiger charge is -2.51. The molecule has 0 aromatic heterocycles. The van der Waals surface area contributed by atoms with Crippen LogP contribution in [0.2, 0.25) is 0 Å². The highest BCUT2D eigenvalue weighted by Gasteiger charge is 2.52. The molecule has 1 saturated heterocycles. The molecule has 2 aromatic carbocycles. The highest BCUT2D eigenvalue weighted by molar-refractivity contribution is 6.02. The van der Waals surface area contributed by atoms with E-state index in [2.05, 4.69) is 42.3 Å². The third kappa shape index (κ3) is 3.02. The van der Waals surface area contributed by atoms with Crippen LogP contribution >= 0.6 is 0 Å². The summed E-state index contributed by atoms with van der Waals surface area (Å²) < 4.78 is 11.9. The predicted octanol–water partition coefficient (Wildman–Crippen LogP) is 3.89. The van der Waals surface area contributed by atoms with E-state index in [0.717, 1.165) is 42.0 Å². The number of ether oxygens (including phenoxy) is 2. The van der Waals surface area contributed by atoms with Gasteiger partial charge in [0.05, 0.1) is 18.9 Å². The van der Waals surface area contributed by atoms with Gasteiger partial charge in [0.2, 0.25) is 11.6 Å². The molecule has 0 bridgehead atoms. The molecule has 0 saturated carbocycles. The molecule has 3 aliphatic heterocycles. The lowest BCUT2D eigenvalue weighted by atomic mass is 9.90. The number of piperidine rings is 1. The Balaban J connectivity index is 1.53. The number of carbonyl (C=O) groups excluding carboxylic acids is 1. The van der Waals surface area contributed by atoms with Gasteiger partial charge in [-0.3, -0.25) is 4.79 Å². The van der Waals surface area contributed by atoms with Crippen molar-refractivity contribution < 1.29 is 14.3 Å². The first kappa shape index (κ1) is 19.0. The fourth-order valence-electron chi connectivity index (χ4n) is 4.86. The van der Waals surface area contributed by atoms with Gasteiger partial charge >= 0.3 is 0 Å². The summed E-state index contributed by atoms with van der Waals surface area (Å²) in [4.78, 5) is 13.8. The summed E-state index contributed by atoms with van der Waals surface area (Å²) in [6, 6.07) is 14.7. The number of hydrogen-bond acceptors (Lipinski definition) is 5. The van der Waals surface area contributed by atoms with Crippen LogP contribution in [0.1, 0.15) is 48.9 Å². The monoisotopic (exact) mass is 405 g/mol. The van der Waals surface area contributed by atoms with Crippen molar-refractivity contribution in [2.24, 2.45) is 5.10 Å². The molecular weight excluding hydrogens is 378 g/mol. The van der Waals surface area contributed by atoms with E-state index in [1.165, 1.54) is 11.1 Å². The molecule has 156 valence electrons. The van der Waals surface area contributed by atoms with Crippen molar-refractivity contribution in [1.82, 2.24) is 9.91 Å². The van der Waals surface area contributed by atoms with Gasteiger partial charge in [-0.2, -0.15) is 5.10 Å². The quantitative estimate of drug-likeness (QED) is 0.761. The second kappa shape index (κ2) is 7.04. The molecule has 2 aromatic rings. The predicted molar refractivity (Wildman–Crippen MR) is 115 cm³/mol. The summed E-state index contributed by atoms with van der Waals surface area (Å²) in [6.07, 6.45) is 2.33. The first-order valence-corrected chi connectivity index (χ1v) is 10.6. The maximum Gasteiger partial charge on any atom is 0.219 e. The Morgan fingerprint density at radius 1 is 1.17 bits per heavy atom. The molecule has 1 spiro atoms. The third-order valence-corrected chi connectivity index (χ3v) is 6.57. The minimum absolute atomic E-state index is 0.122. The van der Waals surface area contributed by atoms with Crippen LogP contribution in [-0.4, -0.2) is 47.5 Å². The molecule has 5 rings (SSSR count). The van der Waals surface area contributed by atoms with E-state index in [1.807, 2.05) is 17.0 Å². The Labute approximate surface area is 177 Å². The lowest BCUT2D eigenvalue weighted by Crippen LogP contribution is -2.59. The third-order valence-electron chi connectivity index (χ3n) is 6.57. The van der Waals surface area contributed by atoms with E-state index in [0.29, 0.717) is 13.1 Å². The van der Waals surface area contributed by atoms with Crippen LogP contribution in [-0.2, 0) is 4.79 Å². The highest BCUT2D eigenvalue weighted by atomic mass is 16.5. The van der Waals surface area contributed by atoms with Crippen LogP contribution in [0.5, 0.6) is 11.5 Å². The molecule has 3 heterocycles. The Hall–Kier alpha value is -3.02. The summed E-state index contributed by atoms with van der Waals surface area (Å²) in [5, 5.41) is 7.28. The zero-order valence-corrected chi connectivity index (χ0v) is 17.7. The number of carbonyl (C=O) groups is 1. The van der Waals surface area contributed by atoms with Crippen LogP contribution < -0.4 is 9.47 Å². The van der Waals surface area contributed by atoms with E-state index in [4.69, 9.17) is 14.6 Å². The second-order valence-electron chi connectivity index (χ2n) is 8.44. The van der Waals surface area contributed by atoms with Gasteiger partial charge in [-0.1, -0.05) is 17.7 Å². The summed E-state index contributed by atoms with van der Waals surface area (Å²) in [5.74, 6) is 1.91. The molecule has 0 N–H and O–H groups in total. The van der Waals surface area contributed by atoms with Crippen molar-refractivity contribution in [2.75, 3.05) is 20.2 Å². The van der Waals surface area contributed by atoms with Gasteiger partial charge in [0.1, 0.15) is 11.5 Å². The molecule has 6 heteroatoms. The smallest absolute Gasteiger partial charge is 0.219 e. The van der Waals surface area contributed by atoms with Crippen LogP contribution in [0.3, 0.4) is 0 Å².